The van der Waals surface area contributed by atoms with E-state index in [1.807, 2.05) is 21.0 Å². The van der Waals surface area contributed by atoms with E-state index in [-0.39, 0.29) is 18.6 Å². The lowest BCUT2D eigenvalue weighted by molar-refractivity contribution is -0.934. The average molecular weight is 168 g/mol. The molecule has 3 heteroatoms. The van der Waals surface area contributed by atoms with Crippen molar-refractivity contribution in [3.8, 4) is 0 Å². The lowest BCUT2D eigenvalue weighted by Gasteiger charge is -2.32. The highest BCUT2D eigenvalue weighted by Gasteiger charge is 2.18. The first-order chi connectivity index (χ1) is 4.00. The normalized spacial score (nSPS) is 14.1. The monoisotopic (exact) mass is 167 g/mol. The number of halogens is 1. The zero-order chi connectivity index (χ0) is 7.49. The van der Waals surface area contributed by atoms with Gasteiger partial charge < -0.3 is 22.0 Å². The maximum absolute atomic E-state index is 9.18. The van der Waals surface area contributed by atoms with Crippen LogP contribution >= 0.6 is 0 Å². The summed E-state index contributed by atoms with van der Waals surface area (Å²) in [5, 5.41) is 9.18. The van der Waals surface area contributed by atoms with Crippen LogP contribution in [0.5, 0.6) is 0 Å². The predicted octanol–water partition coefficient (Wildman–Crippen LogP) is -2.18. The third kappa shape index (κ3) is 4.09. The Morgan fingerprint density at radius 3 is 1.90 bits per heavy atom. The second-order valence-corrected chi connectivity index (χ2v) is 3.13. The number of quaternary nitrogens is 1. The maximum Gasteiger partial charge on any atom is 0.187 e. The third-order valence-electron chi connectivity index (χ3n) is 1.81. The summed E-state index contributed by atoms with van der Waals surface area (Å²) in [5.41, 5.74) is 0. The summed E-state index contributed by atoms with van der Waals surface area (Å²) in [5.74, 6) is 0. The Morgan fingerprint density at radius 2 is 1.80 bits per heavy atom. The highest BCUT2D eigenvalue weighted by Crippen LogP contribution is 2.03. The largest absolute Gasteiger partial charge is 1.00 e. The molecule has 1 N–H and O–H groups in total. The highest BCUT2D eigenvalue weighted by molar-refractivity contribution is 4.30. The second-order valence-electron chi connectivity index (χ2n) is 3.13. The minimum atomic E-state index is -0.245. The first-order valence-electron chi connectivity index (χ1n) is 3.51. The lowest BCUT2D eigenvalue weighted by atomic mass is 10.3. The van der Waals surface area contributed by atoms with Crippen molar-refractivity contribution < 1.29 is 22.0 Å². The Hall–Kier alpha value is 0.210. The molecule has 10 heavy (non-hydrogen) atoms. The molecule has 0 saturated heterocycles. The Bertz CT molecular complexity index is 83.7. The molecule has 0 aliphatic rings. The Morgan fingerprint density at radius 1 is 1.40 bits per heavy atom. The van der Waals surface area contributed by atoms with E-state index in [0.717, 1.165) is 13.0 Å². The van der Waals surface area contributed by atoms with Gasteiger partial charge in [0.2, 0.25) is 0 Å². The average Bonchev–Trinajstić information content (AvgIpc) is 1.65. The number of hydrogen-bond acceptors (Lipinski definition) is 1. The van der Waals surface area contributed by atoms with Gasteiger partial charge in [-0.1, -0.05) is 6.92 Å². The second kappa shape index (κ2) is 4.94. The molecule has 1 unspecified atom stereocenters. The van der Waals surface area contributed by atoms with E-state index in [0.29, 0.717) is 4.48 Å². The Balaban J connectivity index is 0. The summed E-state index contributed by atoms with van der Waals surface area (Å²) >= 11 is 0. The summed E-state index contributed by atoms with van der Waals surface area (Å²) in [6.07, 6.45) is 0.878. The molecule has 0 heterocycles. The summed E-state index contributed by atoms with van der Waals surface area (Å²) in [4.78, 5) is 0. The topological polar surface area (TPSA) is 20.2 Å². The van der Waals surface area contributed by atoms with Crippen LogP contribution in [0.15, 0.2) is 0 Å². The van der Waals surface area contributed by atoms with Crippen LogP contribution in [0, 0.1) is 0 Å². The van der Waals surface area contributed by atoms with Crippen molar-refractivity contribution in [2.45, 2.75) is 26.5 Å². The molecule has 0 aliphatic carbocycles. The standard InChI is InChI=1S/C7H18NO.ClH/c1-5-6-8(3,4)7(2)9;/h7,9H,5-6H2,1-4H3;1H/q+1;/p-1. The van der Waals surface area contributed by atoms with Crippen molar-refractivity contribution >= 4 is 0 Å². The predicted molar refractivity (Wildman–Crippen MR) is 38.9 cm³/mol. The van der Waals surface area contributed by atoms with E-state index in [2.05, 4.69) is 6.92 Å². The summed E-state index contributed by atoms with van der Waals surface area (Å²) < 4.78 is 0.705. The van der Waals surface area contributed by atoms with Crippen molar-refractivity contribution in [1.82, 2.24) is 0 Å². The van der Waals surface area contributed by atoms with Crippen LogP contribution < -0.4 is 12.4 Å². The summed E-state index contributed by atoms with van der Waals surface area (Å²) in [6.45, 7) is 5.00. The van der Waals surface area contributed by atoms with Gasteiger partial charge in [0, 0.05) is 6.92 Å². The summed E-state index contributed by atoms with van der Waals surface area (Å²) in [7, 11) is 4.07. The molecule has 0 amide bonds. The van der Waals surface area contributed by atoms with Gasteiger partial charge in [0.1, 0.15) is 0 Å². The van der Waals surface area contributed by atoms with Gasteiger partial charge in [0.25, 0.3) is 0 Å². The van der Waals surface area contributed by atoms with Gasteiger partial charge >= 0.3 is 0 Å². The van der Waals surface area contributed by atoms with Crippen molar-refractivity contribution in [2.24, 2.45) is 0 Å². The highest BCUT2D eigenvalue weighted by atomic mass is 35.5. The first-order valence-corrected chi connectivity index (χ1v) is 3.51. The number of aliphatic hydroxyl groups excluding tert-OH is 1. The molecule has 1 atom stereocenters. The van der Waals surface area contributed by atoms with E-state index in [1.54, 1.807) is 0 Å². The van der Waals surface area contributed by atoms with Gasteiger partial charge in [-0.3, -0.25) is 0 Å². The van der Waals surface area contributed by atoms with Crippen LogP contribution in [-0.4, -0.2) is 36.5 Å². The van der Waals surface area contributed by atoms with Gasteiger partial charge in [0.05, 0.1) is 20.6 Å². The Labute approximate surface area is 69.8 Å². The van der Waals surface area contributed by atoms with Crippen LogP contribution in [0.2, 0.25) is 0 Å². The van der Waals surface area contributed by atoms with Crippen LogP contribution in [0.3, 0.4) is 0 Å². The molecule has 0 fully saturated rings. The quantitative estimate of drug-likeness (QED) is 0.374. The van der Waals surface area contributed by atoms with Gasteiger partial charge in [-0.05, 0) is 6.42 Å². The minimum absolute atomic E-state index is 0. The molecular weight excluding hydrogens is 150 g/mol. The third-order valence-corrected chi connectivity index (χ3v) is 1.81. The molecule has 0 aliphatic heterocycles. The molecule has 64 valence electrons. The number of aliphatic hydroxyl groups is 1. The molecular formula is C7H18ClNO. The fourth-order valence-corrected chi connectivity index (χ4v) is 0.763. The first kappa shape index (κ1) is 12.8. The van der Waals surface area contributed by atoms with Gasteiger partial charge in [-0.15, -0.1) is 0 Å². The van der Waals surface area contributed by atoms with E-state index in [4.69, 9.17) is 0 Å². The van der Waals surface area contributed by atoms with Crippen molar-refractivity contribution in [2.75, 3.05) is 20.6 Å². The fraction of sp³-hybridized carbons (Fsp3) is 1.00. The van der Waals surface area contributed by atoms with Crippen molar-refractivity contribution in [3.05, 3.63) is 0 Å². The molecule has 0 saturated carbocycles. The van der Waals surface area contributed by atoms with Crippen LogP contribution in [-0.2, 0) is 0 Å². The number of nitrogens with zero attached hydrogens (tertiary/aromatic N) is 1. The lowest BCUT2D eigenvalue weighted by Crippen LogP contribution is -3.00. The van der Waals surface area contributed by atoms with Crippen LogP contribution in [0.25, 0.3) is 0 Å². The number of hydrogen-bond donors (Lipinski definition) is 1. The van der Waals surface area contributed by atoms with E-state index < -0.39 is 0 Å². The summed E-state index contributed by atoms with van der Waals surface area (Å²) in [6, 6.07) is 0. The smallest absolute Gasteiger partial charge is 0.187 e. The van der Waals surface area contributed by atoms with Crippen LogP contribution in [0.1, 0.15) is 20.3 Å². The van der Waals surface area contributed by atoms with Gasteiger partial charge in [-0.2, -0.15) is 0 Å². The van der Waals surface area contributed by atoms with E-state index in [1.165, 1.54) is 0 Å². The van der Waals surface area contributed by atoms with Crippen molar-refractivity contribution in [3.63, 3.8) is 0 Å². The van der Waals surface area contributed by atoms with E-state index in [9.17, 15) is 5.11 Å². The zero-order valence-electron chi connectivity index (χ0n) is 7.26. The number of rotatable bonds is 3. The molecule has 0 rings (SSSR count). The Kier molecular flexibility index (Phi) is 6.35. The zero-order valence-corrected chi connectivity index (χ0v) is 8.02. The molecule has 0 bridgehead atoms. The maximum atomic E-state index is 9.18. The van der Waals surface area contributed by atoms with Gasteiger partial charge in [-0.25, -0.2) is 0 Å². The van der Waals surface area contributed by atoms with Crippen LogP contribution in [0.4, 0.5) is 0 Å². The van der Waals surface area contributed by atoms with Gasteiger partial charge in [0.15, 0.2) is 6.23 Å². The molecule has 0 aromatic carbocycles. The minimum Gasteiger partial charge on any atom is -1.00 e. The molecule has 2 nitrogen and oxygen atoms in total. The SMILES string of the molecule is CCC[N+](C)(C)C(C)O.[Cl-]. The van der Waals surface area contributed by atoms with E-state index >= 15 is 0 Å². The molecule has 0 radical (unpaired) electrons. The fourth-order valence-electron chi connectivity index (χ4n) is 0.763. The van der Waals surface area contributed by atoms with Crippen molar-refractivity contribution in [1.29, 1.82) is 0 Å². The molecule has 0 spiro atoms. The molecule has 0 aromatic heterocycles. The molecule has 0 aromatic rings.